The van der Waals surface area contributed by atoms with Crippen LogP contribution in [-0.2, 0) is 7.05 Å². The second-order valence-corrected chi connectivity index (χ2v) is 3.57. The minimum Gasteiger partial charge on any atom is -0.497 e. The fourth-order valence-corrected chi connectivity index (χ4v) is 1.59. The van der Waals surface area contributed by atoms with E-state index in [1.807, 2.05) is 36.4 Å². The molecule has 0 saturated heterocycles. The van der Waals surface area contributed by atoms with Crippen molar-refractivity contribution in [2.75, 3.05) is 7.11 Å². The van der Waals surface area contributed by atoms with Crippen molar-refractivity contribution in [2.45, 2.75) is 0 Å². The lowest BCUT2D eigenvalue weighted by molar-refractivity contribution is 0.415. The van der Waals surface area contributed by atoms with Crippen molar-refractivity contribution in [3.05, 3.63) is 52.9 Å². The molecule has 0 fully saturated rings. The molecule has 0 radical (unpaired) electrons. The predicted octanol–water partition coefficient (Wildman–Crippen LogP) is 2.06. The molecule has 0 aliphatic heterocycles. The molecule has 1 aromatic carbocycles. The topological polar surface area (TPSA) is 31.2 Å². The van der Waals surface area contributed by atoms with E-state index in [0.717, 1.165) is 11.3 Å². The van der Waals surface area contributed by atoms with Crippen LogP contribution in [0.5, 0.6) is 5.75 Å². The monoisotopic (exact) mass is 215 g/mol. The third kappa shape index (κ3) is 1.84. The van der Waals surface area contributed by atoms with Crippen molar-refractivity contribution in [2.24, 2.45) is 7.05 Å². The predicted molar refractivity (Wildman–Crippen MR) is 63.7 cm³/mol. The summed E-state index contributed by atoms with van der Waals surface area (Å²) >= 11 is 0. The van der Waals surface area contributed by atoms with Crippen LogP contribution in [0.1, 0.15) is 0 Å². The summed E-state index contributed by atoms with van der Waals surface area (Å²) in [7, 11) is 3.37. The first-order valence-corrected chi connectivity index (χ1v) is 5.02. The fourth-order valence-electron chi connectivity index (χ4n) is 1.59. The van der Waals surface area contributed by atoms with Gasteiger partial charge < -0.3 is 9.30 Å². The summed E-state index contributed by atoms with van der Waals surface area (Å²) in [4.78, 5) is 11.9. The molecule has 0 N–H and O–H groups in total. The molecule has 0 spiro atoms. The minimum absolute atomic E-state index is 0.00710. The van der Waals surface area contributed by atoms with Gasteiger partial charge in [0, 0.05) is 18.8 Å². The van der Waals surface area contributed by atoms with Crippen LogP contribution in [0.2, 0.25) is 0 Å². The summed E-state index contributed by atoms with van der Waals surface area (Å²) in [6, 6.07) is 11.2. The minimum atomic E-state index is 0.00710. The van der Waals surface area contributed by atoms with Gasteiger partial charge >= 0.3 is 0 Å². The number of hydrogen-bond donors (Lipinski definition) is 0. The van der Waals surface area contributed by atoms with Gasteiger partial charge in [-0.15, -0.1) is 0 Å². The van der Waals surface area contributed by atoms with Gasteiger partial charge in [-0.3, -0.25) is 4.79 Å². The van der Waals surface area contributed by atoms with Crippen LogP contribution < -0.4 is 10.3 Å². The van der Waals surface area contributed by atoms with E-state index in [1.54, 1.807) is 24.9 Å². The smallest absolute Gasteiger partial charge is 0.258 e. The van der Waals surface area contributed by atoms with E-state index >= 15 is 0 Å². The molecule has 0 amide bonds. The van der Waals surface area contributed by atoms with Crippen molar-refractivity contribution >= 4 is 0 Å². The Labute approximate surface area is 93.9 Å². The molecular formula is C13H13NO2. The Kier molecular flexibility index (Phi) is 2.77. The SMILES string of the molecule is COc1ccc(-c2cccn(C)c2=O)cc1. The fraction of sp³-hybridized carbons (Fsp3) is 0.154. The van der Waals surface area contributed by atoms with E-state index in [1.165, 1.54) is 0 Å². The first-order valence-electron chi connectivity index (χ1n) is 5.02. The molecule has 0 aliphatic carbocycles. The van der Waals surface area contributed by atoms with Crippen molar-refractivity contribution in [3.63, 3.8) is 0 Å². The van der Waals surface area contributed by atoms with Gasteiger partial charge in [0.2, 0.25) is 0 Å². The number of nitrogens with zero attached hydrogens (tertiary/aromatic N) is 1. The average molecular weight is 215 g/mol. The second-order valence-electron chi connectivity index (χ2n) is 3.57. The van der Waals surface area contributed by atoms with Crippen LogP contribution in [0.15, 0.2) is 47.4 Å². The largest absolute Gasteiger partial charge is 0.497 e. The van der Waals surface area contributed by atoms with Crippen molar-refractivity contribution in [1.82, 2.24) is 4.57 Å². The van der Waals surface area contributed by atoms with Gasteiger partial charge in [0.25, 0.3) is 5.56 Å². The molecular weight excluding hydrogens is 202 g/mol. The van der Waals surface area contributed by atoms with Crippen molar-refractivity contribution in [3.8, 4) is 16.9 Å². The third-order valence-electron chi connectivity index (χ3n) is 2.52. The van der Waals surface area contributed by atoms with Gasteiger partial charge in [0.1, 0.15) is 5.75 Å². The summed E-state index contributed by atoms with van der Waals surface area (Å²) in [6.45, 7) is 0. The summed E-state index contributed by atoms with van der Waals surface area (Å²) in [5, 5.41) is 0. The highest BCUT2D eigenvalue weighted by Crippen LogP contribution is 2.18. The standard InChI is InChI=1S/C13H13NO2/c1-14-9-3-4-12(13(14)15)10-5-7-11(16-2)8-6-10/h3-9H,1-2H3. The quantitative estimate of drug-likeness (QED) is 0.767. The van der Waals surface area contributed by atoms with Crippen LogP contribution in [0.3, 0.4) is 0 Å². The van der Waals surface area contributed by atoms with E-state index in [4.69, 9.17) is 4.74 Å². The molecule has 3 heteroatoms. The van der Waals surface area contributed by atoms with Crippen LogP contribution in [-0.4, -0.2) is 11.7 Å². The third-order valence-corrected chi connectivity index (χ3v) is 2.52. The van der Waals surface area contributed by atoms with Crippen LogP contribution >= 0.6 is 0 Å². The van der Waals surface area contributed by atoms with Crippen molar-refractivity contribution in [1.29, 1.82) is 0 Å². The lowest BCUT2D eigenvalue weighted by Gasteiger charge is -2.04. The zero-order valence-electron chi connectivity index (χ0n) is 9.31. The number of benzene rings is 1. The van der Waals surface area contributed by atoms with Gasteiger partial charge in [-0.2, -0.15) is 0 Å². The molecule has 2 aromatic rings. The van der Waals surface area contributed by atoms with E-state index in [-0.39, 0.29) is 5.56 Å². The molecule has 16 heavy (non-hydrogen) atoms. The maximum atomic E-state index is 11.9. The summed E-state index contributed by atoms with van der Waals surface area (Å²) in [6.07, 6.45) is 1.75. The molecule has 0 bridgehead atoms. The summed E-state index contributed by atoms with van der Waals surface area (Å²) in [5.41, 5.74) is 1.61. The molecule has 2 rings (SSSR count). The van der Waals surface area contributed by atoms with Gasteiger partial charge in [0.15, 0.2) is 0 Å². The molecule has 0 saturated carbocycles. The highest BCUT2D eigenvalue weighted by molar-refractivity contribution is 5.63. The van der Waals surface area contributed by atoms with Crippen molar-refractivity contribution < 1.29 is 4.74 Å². The molecule has 1 heterocycles. The summed E-state index contributed by atoms with van der Waals surface area (Å²) in [5.74, 6) is 0.788. The normalized spacial score (nSPS) is 10.1. The van der Waals surface area contributed by atoms with Gasteiger partial charge in [-0.1, -0.05) is 12.1 Å². The second kappa shape index (κ2) is 4.23. The number of rotatable bonds is 2. The highest BCUT2D eigenvalue weighted by atomic mass is 16.5. The number of ether oxygens (including phenoxy) is 1. The Morgan fingerprint density at radius 3 is 2.44 bits per heavy atom. The first kappa shape index (κ1) is 10.5. The van der Waals surface area contributed by atoms with Gasteiger partial charge in [0.05, 0.1) is 7.11 Å². The number of aryl methyl sites for hydroxylation is 1. The van der Waals surface area contributed by atoms with Crippen LogP contribution in [0.25, 0.3) is 11.1 Å². The van der Waals surface area contributed by atoms with E-state index < -0.39 is 0 Å². The Bertz CT molecular complexity index is 541. The molecule has 82 valence electrons. The van der Waals surface area contributed by atoms with Gasteiger partial charge in [-0.25, -0.2) is 0 Å². The van der Waals surface area contributed by atoms with E-state index in [0.29, 0.717) is 5.56 Å². The zero-order chi connectivity index (χ0) is 11.5. The molecule has 0 atom stereocenters. The summed E-state index contributed by atoms with van der Waals surface area (Å²) < 4.78 is 6.64. The highest BCUT2D eigenvalue weighted by Gasteiger charge is 2.03. The molecule has 0 unspecified atom stereocenters. The number of hydrogen-bond acceptors (Lipinski definition) is 2. The van der Waals surface area contributed by atoms with E-state index in [9.17, 15) is 4.79 Å². The number of aromatic nitrogens is 1. The van der Waals surface area contributed by atoms with Crippen LogP contribution in [0.4, 0.5) is 0 Å². The molecule has 1 aromatic heterocycles. The Balaban J connectivity index is 2.51. The Hall–Kier alpha value is -2.03. The van der Waals surface area contributed by atoms with E-state index in [2.05, 4.69) is 0 Å². The maximum absolute atomic E-state index is 11.9. The average Bonchev–Trinajstić information content (AvgIpc) is 2.33. The van der Waals surface area contributed by atoms with Gasteiger partial charge in [-0.05, 0) is 29.8 Å². The number of methoxy groups -OCH3 is 1. The lowest BCUT2D eigenvalue weighted by Crippen LogP contribution is -2.17. The first-order chi connectivity index (χ1) is 7.72. The molecule has 3 nitrogen and oxygen atoms in total. The Morgan fingerprint density at radius 2 is 1.81 bits per heavy atom. The zero-order valence-corrected chi connectivity index (χ0v) is 9.31. The number of pyridine rings is 1. The molecule has 0 aliphatic rings. The Morgan fingerprint density at radius 1 is 1.12 bits per heavy atom. The van der Waals surface area contributed by atoms with Crippen LogP contribution in [0, 0.1) is 0 Å². The lowest BCUT2D eigenvalue weighted by atomic mass is 10.1. The maximum Gasteiger partial charge on any atom is 0.258 e.